The first-order valence-electron chi connectivity index (χ1n) is 8.98. The van der Waals surface area contributed by atoms with Crippen molar-refractivity contribution in [2.75, 3.05) is 13.2 Å². The second-order valence-corrected chi connectivity index (χ2v) is 6.24. The number of para-hydroxylation sites is 1. The molecule has 0 unspecified atom stereocenters. The Morgan fingerprint density at radius 1 is 1.04 bits per heavy atom. The van der Waals surface area contributed by atoms with Crippen LogP contribution in [0.5, 0.6) is 11.5 Å². The van der Waals surface area contributed by atoms with E-state index in [1.807, 2.05) is 37.3 Å². The van der Waals surface area contributed by atoms with Gasteiger partial charge in [0.1, 0.15) is 11.5 Å². The van der Waals surface area contributed by atoms with Crippen molar-refractivity contribution in [3.63, 3.8) is 0 Å². The van der Waals surface area contributed by atoms with E-state index in [4.69, 9.17) is 9.47 Å². The summed E-state index contributed by atoms with van der Waals surface area (Å²) in [5.74, 6) is 1.44. The molecule has 1 N–H and O–H groups in total. The molecule has 2 aromatic carbocycles. The highest BCUT2D eigenvalue weighted by Gasteiger charge is 2.11. The predicted octanol–water partition coefficient (Wildman–Crippen LogP) is 3.66. The Morgan fingerprint density at radius 2 is 1.84 bits per heavy atom. The lowest BCUT2D eigenvalue weighted by Crippen LogP contribution is -2.28. The van der Waals surface area contributed by atoms with Crippen LogP contribution in [0.1, 0.15) is 36.5 Å². The summed E-state index contributed by atoms with van der Waals surface area (Å²) in [7, 11) is 0. The van der Waals surface area contributed by atoms with Crippen molar-refractivity contribution in [1.29, 1.82) is 0 Å². The zero-order chi connectivity index (χ0) is 17.5. The summed E-state index contributed by atoms with van der Waals surface area (Å²) in [6.07, 6.45) is 4.75. The maximum absolute atomic E-state index is 12.1. The van der Waals surface area contributed by atoms with Crippen LogP contribution in [-0.4, -0.2) is 19.1 Å². The maximum Gasteiger partial charge on any atom is 0.258 e. The third-order valence-electron chi connectivity index (χ3n) is 4.44. The van der Waals surface area contributed by atoms with Crippen molar-refractivity contribution in [3.05, 3.63) is 59.2 Å². The van der Waals surface area contributed by atoms with Crippen LogP contribution in [0.4, 0.5) is 0 Å². The lowest BCUT2D eigenvalue weighted by Gasteiger charge is -2.16. The van der Waals surface area contributed by atoms with Crippen molar-refractivity contribution in [2.45, 2.75) is 39.2 Å². The monoisotopic (exact) mass is 339 g/mol. The van der Waals surface area contributed by atoms with Crippen LogP contribution in [0.3, 0.4) is 0 Å². The van der Waals surface area contributed by atoms with Crippen molar-refractivity contribution in [1.82, 2.24) is 5.32 Å². The molecule has 0 atom stereocenters. The highest BCUT2D eigenvalue weighted by atomic mass is 16.5. The van der Waals surface area contributed by atoms with Crippen molar-refractivity contribution in [2.24, 2.45) is 0 Å². The number of carbonyl (C=O) groups is 1. The van der Waals surface area contributed by atoms with E-state index in [2.05, 4.69) is 17.4 Å². The predicted molar refractivity (Wildman–Crippen MR) is 98.0 cm³/mol. The Kier molecular flexibility index (Phi) is 5.94. The summed E-state index contributed by atoms with van der Waals surface area (Å²) < 4.78 is 11.2. The number of hydrogen-bond donors (Lipinski definition) is 1. The molecule has 0 aromatic heterocycles. The van der Waals surface area contributed by atoms with Crippen LogP contribution in [0.25, 0.3) is 0 Å². The molecule has 0 radical (unpaired) electrons. The molecule has 0 spiro atoms. The fourth-order valence-electron chi connectivity index (χ4n) is 3.14. The van der Waals surface area contributed by atoms with Gasteiger partial charge in [0.05, 0.1) is 6.61 Å². The van der Waals surface area contributed by atoms with Gasteiger partial charge >= 0.3 is 0 Å². The summed E-state index contributed by atoms with van der Waals surface area (Å²) >= 11 is 0. The van der Waals surface area contributed by atoms with Gasteiger partial charge in [-0.1, -0.05) is 24.3 Å². The quantitative estimate of drug-likeness (QED) is 0.837. The van der Waals surface area contributed by atoms with Crippen molar-refractivity contribution >= 4 is 5.91 Å². The minimum atomic E-state index is -0.135. The van der Waals surface area contributed by atoms with E-state index < -0.39 is 0 Å². The molecule has 0 saturated heterocycles. The molecule has 4 nitrogen and oxygen atoms in total. The van der Waals surface area contributed by atoms with Crippen LogP contribution in [-0.2, 0) is 24.2 Å². The first-order chi connectivity index (χ1) is 12.3. The Balaban J connectivity index is 1.50. The second-order valence-electron chi connectivity index (χ2n) is 6.24. The zero-order valence-corrected chi connectivity index (χ0v) is 14.7. The zero-order valence-electron chi connectivity index (χ0n) is 14.7. The summed E-state index contributed by atoms with van der Waals surface area (Å²) in [4.78, 5) is 12.1. The minimum Gasteiger partial charge on any atom is -0.494 e. The van der Waals surface area contributed by atoms with Crippen LogP contribution in [0.15, 0.2) is 42.5 Å². The van der Waals surface area contributed by atoms with Gasteiger partial charge < -0.3 is 14.8 Å². The smallest absolute Gasteiger partial charge is 0.258 e. The molecule has 1 aliphatic rings. The lowest BCUT2D eigenvalue weighted by molar-refractivity contribution is -0.123. The molecule has 0 saturated carbocycles. The van der Waals surface area contributed by atoms with Gasteiger partial charge in [0.15, 0.2) is 6.61 Å². The van der Waals surface area contributed by atoms with Gasteiger partial charge in [-0.25, -0.2) is 0 Å². The van der Waals surface area contributed by atoms with Crippen molar-refractivity contribution < 1.29 is 14.3 Å². The molecule has 3 rings (SSSR count). The van der Waals surface area contributed by atoms with E-state index >= 15 is 0 Å². The first kappa shape index (κ1) is 17.3. The summed E-state index contributed by atoms with van der Waals surface area (Å²) in [5.41, 5.74) is 3.73. The van der Waals surface area contributed by atoms with E-state index in [0.717, 1.165) is 29.9 Å². The third kappa shape index (κ3) is 4.75. The average Bonchev–Trinajstić information content (AvgIpc) is 2.66. The molecular weight excluding hydrogens is 314 g/mol. The molecule has 1 amide bonds. The average molecular weight is 339 g/mol. The third-order valence-corrected chi connectivity index (χ3v) is 4.44. The molecule has 132 valence electrons. The van der Waals surface area contributed by atoms with Gasteiger partial charge in [-0.3, -0.25) is 4.79 Å². The SMILES string of the molecule is CCOc1ccccc1CNC(=O)COc1ccc2c(c1)CCCC2. The number of aryl methyl sites for hydroxylation is 2. The summed E-state index contributed by atoms with van der Waals surface area (Å²) in [5, 5.41) is 2.89. The first-order valence-corrected chi connectivity index (χ1v) is 8.98. The van der Waals surface area contributed by atoms with E-state index in [9.17, 15) is 4.79 Å². The lowest BCUT2D eigenvalue weighted by atomic mass is 9.92. The van der Waals surface area contributed by atoms with E-state index in [-0.39, 0.29) is 12.5 Å². The largest absolute Gasteiger partial charge is 0.494 e. The molecule has 4 heteroatoms. The Labute approximate surface area is 149 Å². The van der Waals surface area contributed by atoms with Gasteiger partial charge in [-0.05, 0) is 61.9 Å². The van der Waals surface area contributed by atoms with Gasteiger partial charge in [-0.2, -0.15) is 0 Å². The normalized spacial score (nSPS) is 13.0. The topological polar surface area (TPSA) is 47.6 Å². The molecule has 0 bridgehead atoms. The number of nitrogens with one attached hydrogen (secondary N) is 1. The highest BCUT2D eigenvalue weighted by Crippen LogP contribution is 2.25. The Hall–Kier alpha value is -2.49. The van der Waals surface area contributed by atoms with Crippen LogP contribution >= 0.6 is 0 Å². The Bertz CT molecular complexity index is 727. The van der Waals surface area contributed by atoms with E-state index in [1.54, 1.807) is 0 Å². The number of rotatable bonds is 7. The number of hydrogen-bond acceptors (Lipinski definition) is 3. The standard InChI is InChI=1S/C21H25NO3/c1-2-24-20-10-6-5-9-18(20)14-22-21(23)15-25-19-12-11-16-7-3-4-8-17(16)13-19/h5-6,9-13H,2-4,7-8,14-15H2,1H3,(H,22,23). The molecule has 0 aliphatic heterocycles. The number of fused-ring (bicyclic) bond motifs is 1. The van der Waals surface area contributed by atoms with E-state index in [1.165, 1.54) is 24.0 Å². The molecule has 0 fully saturated rings. The minimum absolute atomic E-state index is 0.0234. The van der Waals surface area contributed by atoms with Crippen LogP contribution < -0.4 is 14.8 Å². The molecule has 1 aliphatic carbocycles. The number of carbonyl (C=O) groups excluding carboxylic acids is 1. The van der Waals surface area contributed by atoms with E-state index in [0.29, 0.717) is 13.2 Å². The summed E-state index contributed by atoms with van der Waals surface area (Å²) in [6.45, 7) is 3.01. The van der Waals surface area contributed by atoms with Gasteiger partial charge in [0.2, 0.25) is 0 Å². The fourth-order valence-corrected chi connectivity index (χ4v) is 3.14. The fraction of sp³-hybridized carbons (Fsp3) is 0.381. The second kappa shape index (κ2) is 8.56. The van der Waals surface area contributed by atoms with Gasteiger partial charge in [-0.15, -0.1) is 0 Å². The molecule has 25 heavy (non-hydrogen) atoms. The van der Waals surface area contributed by atoms with Gasteiger partial charge in [0.25, 0.3) is 5.91 Å². The highest BCUT2D eigenvalue weighted by molar-refractivity contribution is 5.77. The number of ether oxygens (including phenoxy) is 2. The van der Waals surface area contributed by atoms with Crippen LogP contribution in [0.2, 0.25) is 0 Å². The molecule has 2 aromatic rings. The molecular formula is C21H25NO3. The van der Waals surface area contributed by atoms with Crippen molar-refractivity contribution in [3.8, 4) is 11.5 Å². The number of amides is 1. The maximum atomic E-state index is 12.1. The summed E-state index contributed by atoms with van der Waals surface area (Å²) in [6, 6.07) is 13.9. The number of benzene rings is 2. The van der Waals surface area contributed by atoms with Gasteiger partial charge in [0, 0.05) is 12.1 Å². The Morgan fingerprint density at radius 3 is 2.68 bits per heavy atom. The van der Waals surface area contributed by atoms with Crippen LogP contribution in [0, 0.1) is 0 Å². The molecule has 0 heterocycles.